The lowest BCUT2D eigenvalue weighted by atomic mass is 10.1. The Morgan fingerprint density at radius 1 is 1.31 bits per heavy atom. The summed E-state index contributed by atoms with van der Waals surface area (Å²) < 4.78 is 13.1. The maximum Gasteiger partial charge on any atom is 0.168 e. The van der Waals surface area contributed by atoms with Gasteiger partial charge >= 0.3 is 0 Å². The molecule has 3 nitrogen and oxygen atoms in total. The molecule has 1 aliphatic rings. The number of phenols is 2. The molecule has 0 spiro atoms. The lowest BCUT2D eigenvalue weighted by molar-refractivity contribution is 0.0991. The van der Waals surface area contributed by atoms with Crippen LogP contribution in [0.1, 0.15) is 22.3 Å². The molecule has 0 atom stereocenters. The fourth-order valence-electron chi connectivity index (χ4n) is 1.57. The summed E-state index contributed by atoms with van der Waals surface area (Å²) >= 11 is 0. The van der Waals surface area contributed by atoms with Crippen molar-refractivity contribution in [1.29, 1.82) is 0 Å². The molecule has 0 aliphatic heterocycles. The van der Waals surface area contributed by atoms with Crippen LogP contribution in [-0.4, -0.2) is 16.0 Å². The zero-order chi connectivity index (χ0) is 9.59. The standard InChI is InChI=1S/C9H7FO3/c10-5-3-7(12)9(13)8-4(5)1-2-6(8)11/h3,12-13H,1-2H2. The summed E-state index contributed by atoms with van der Waals surface area (Å²) in [6.07, 6.45) is 0.497. The van der Waals surface area contributed by atoms with Crippen LogP contribution in [-0.2, 0) is 6.42 Å². The van der Waals surface area contributed by atoms with Gasteiger partial charge < -0.3 is 10.2 Å². The minimum atomic E-state index is -0.629. The predicted octanol–water partition coefficient (Wildman–Crippen LogP) is 1.37. The van der Waals surface area contributed by atoms with Gasteiger partial charge in [0.1, 0.15) is 5.82 Å². The summed E-state index contributed by atoms with van der Waals surface area (Å²) in [6, 6.07) is 0.826. The van der Waals surface area contributed by atoms with Gasteiger partial charge in [0.15, 0.2) is 17.3 Å². The zero-order valence-electron chi connectivity index (χ0n) is 6.67. The van der Waals surface area contributed by atoms with Gasteiger partial charge in [0.2, 0.25) is 0 Å². The van der Waals surface area contributed by atoms with Gasteiger partial charge in [-0.25, -0.2) is 4.39 Å². The first kappa shape index (κ1) is 8.04. The van der Waals surface area contributed by atoms with E-state index in [0.717, 1.165) is 6.07 Å². The van der Waals surface area contributed by atoms with Crippen molar-refractivity contribution in [1.82, 2.24) is 0 Å². The third-order valence-electron chi connectivity index (χ3n) is 2.21. The van der Waals surface area contributed by atoms with E-state index in [4.69, 9.17) is 5.11 Å². The number of hydrogen-bond acceptors (Lipinski definition) is 3. The van der Waals surface area contributed by atoms with Crippen molar-refractivity contribution in [3.8, 4) is 11.5 Å². The van der Waals surface area contributed by atoms with Crippen molar-refractivity contribution in [3.63, 3.8) is 0 Å². The summed E-state index contributed by atoms with van der Waals surface area (Å²) in [5, 5.41) is 18.3. The van der Waals surface area contributed by atoms with E-state index < -0.39 is 17.3 Å². The number of fused-ring (bicyclic) bond motifs is 1. The van der Waals surface area contributed by atoms with Crippen molar-refractivity contribution >= 4 is 5.78 Å². The topological polar surface area (TPSA) is 57.5 Å². The molecule has 0 unspecified atom stereocenters. The quantitative estimate of drug-likeness (QED) is 0.595. The molecule has 0 saturated heterocycles. The number of hydrogen-bond donors (Lipinski definition) is 2. The molecule has 0 heterocycles. The van der Waals surface area contributed by atoms with Gasteiger partial charge in [-0.1, -0.05) is 0 Å². The summed E-state index contributed by atoms with van der Waals surface area (Å²) in [5.41, 5.74) is 0.151. The smallest absolute Gasteiger partial charge is 0.168 e. The normalized spacial score (nSPS) is 14.7. The monoisotopic (exact) mass is 182 g/mol. The summed E-state index contributed by atoms with van der Waals surface area (Å²) in [6.45, 7) is 0. The zero-order valence-corrected chi connectivity index (χ0v) is 6.67. The van der Waals surface area contributed by atoms with Crippen molar-refractivity contribution in [2.24, 2.45) is 0 Å². The minimum Gasteiger partial charge on any atom is -0.504 e. The largest absolute Gasteiger partial charge is 0.504 e. The van der Waals surface area contributed by atoms with Gasteiger partial charge in [0.05, 0.1) is 5.56 Å². The number of aromatic hydroxyl groups is 2. The van der Waals surface area contributed by atoms with Gasteiger partial charge in [-0.2, -0.15) is 0 Å². The molecule has 0 aromatic heterocycles. The molecule has 13 heavy (non-hydrogen) atoms. The highest BCUT2D eigenvalue weighted by Crippen LogP contribution is 2.38. The Kier molecular flexibility index (Phi) is 1.52. The Bertz CT molecular complexity index is 398. The molecule has 1 aromatic rings. The molecule has 0 fully saturated rings. The SMILES string of the molecule is O=C1CCc2c(F)cc(O)c(O)c21. The highest BCUT2D eigenvalue weighted by Gasteiger charge is 2.28. The van der Waals surface area contributed by atoms with E-state index >= 15 is 0 Å². The summed E-state index contributed by atoms with van der Waals surface area (Å²) in [4.78, 5) is 11.2. The van der Waals surface area contributed by atoms with Gasteiger partial charge in [0.25, 0.3) is 0 Å². The maximum absolute atomic E-state index is 13.1. The maximum atomic E-state index is 13.1. The average molecular weight is 182 g/mol. The Morgan fingerprint density at radius 2 is 2.00 bits per heavy atom. The van der Waals surface area contributed by atoms with Gasteiger partial charge in [-0.3, -0.25) is 4.79 Å². The van der Waals surface area contributed by atoms with Crippen LogP contribution in [0.25, 0.3) is 0 Å². The van der Waals surface area contributed by atoms with Crippen molar-refractivity contribution in [2.45, 2.75) is 12.8 Å². The van der Waals surface area contributed by atoms with Crippen LogP contribution in [0.15, 0.2) is 6.07 Å². The van der Waals surface area contributed by atoms with Crippen molar-refractivity contribution in [3.05, 3.63) is 23.0 Å². The van der Waals surface area contributed by atoms with Crippen LogP contribution < -0.4 is 0 Å². The third kappa shape index (κ3) is 0.983. The fourth-order valence-corrected chi connectivity index (χ4v) is 1.57. The number of benzene rings is 1. The molecule has 1 aromatic carbocycles. The second kappa shape index (κ2) is 2.45. The lowest BCUT2D eigenvalue weighted by Crippen LogP contribution is -1.94. The van der Waals surface area contributed by atoms with Crippen LogP contribution >= 0.6 is 0 Å². The third-order valence-corrected chi connectivity index (χ3v) is 2.21. The average Bonchev–Trinajstić information content (AvgIpc) is 2.44. The Labute approximate surface area is 73.4 Å². The molecule has 2 rings (SSSR count). The molecule has 0 saturated carbocycles. The molecule has 0 radical (unpaired) electrons. The van der Waals surface area contributed by atoms with E-state index in [1.54, 1.807) is 0 Å². The second-order valence-electron chi connectivity index (χ2n) is 3.00. The Morgan fingerprint density at radius 3 is 2.69 bits per heavy atom. The van der Waals surface area contributed by atoms with Crippen molar-refractivity contribution in [2.75, 3.05) is 0 Å². The second-order valence-corrected chi connectivity index (χ2v) is 3.00. The first-order valence-electron chi connectivity index (χ1n) is 3.87. The fraction of sp³-hybridized carbons (Fsp3) is 0.222. The number of carbonyl (C=O) groups is 1. The highest BCUT2D eigenvalue weighted by molar-refractivity contribution is 6.03. The van der Waals surface area contributed by atoms with Gasteiger partial charge in [-0.15, -0.1) is 0 Å². The first-order valence-corrected chi connectivity index (χ1v) is 3.87. The number of phenolic OH excluding ortho intramolecular Hbond substituents is 2. The molecule has 0 amide bonds. The molecule has 2 N–H and O–H groups in total. The highest BCUT2D eigenvalue weighted by atomic mass is 19.1. The molecule has 4 heteroatoms. The van der Waals surface area contributed by atoms with Crippen LogP contribution in [0, 0.1) is 5.82 Å². The van der Waals surface area contributed by atoms with Crippen LogP contribution in [0.3, 0.4) is 0 Å². The van der Waals surface area contributed by atoms with Crippen molar-refractivity contribution < 1.29 is 19.4 Å². The number of carbonyl (C=O) groups excluding carboxylic acids is 1. The van der Waals surface area contributed by atoms with E-state index in [2.05, 4.69) is 0 Å². The number of rotatable bonds is 0. The lowest BCUT2D eigenvalue weighted by Gasteiger charge is -2.04. The van der Waals surface area contributed by atoms with E-state index in [-0.39, 0.29) is 23.3 Å². The molecular formula is C9H7FO3. The Balaban J connectivity index is 2.77. The van der Waals surface area contributed by atoms with Crippen LogP contribution in [0.4, 0.5) is 4.39 Å². The first-order chi connectivity index (χ1) is 6.11. The van der Waals surface area contributed by atoms with E-state index in [0.29, 0.717) is 6.42 Å². The van der Waals surface area contributed by atoms with Gasteiger partial charge in [0, 0.05) is 18.1 Å². The van der Waals surface area contributed by atoms with E-state index in [1.165, 1.54) is 0 Å². The summed E-state index contributed by atoms with van der Waals surface area (Å²) in [5.74, 6) is -2.02. The van der Waals surface area contributed by atoms with E-state index in [9.17, 15) is 14.3 Å². The molecular weight excluding hydrogens is 175 g/mol. The number of halogens is 1. The molecule has 68 valence electrons. The molecule has 1 aliphatic carbocycles. The predicted molar refractivity (Wildman–Crippen MR) is 42.4 cm³/mol. The van der Waals surface area contributed by atoms with Crippen LogP contribution in [0.2, 0.25) is 0 Å². The van der Waals surface area contributed by atoms with Crippen LogP contribution in [0.5, 0.6) is 11.5 Å². The van der Waals surface area contributed by atoms with E-state index in [1.807, 2.05) is 0 Å². The minimum absolute atomic E-state index is 0.0579. The summed E-state index contributed by atoms with van der Waals surface area (Å²) in [7, 11) is 0. The Hall–Kier alpha value is -1.58. The number of Topliss-reactive ketones (excluding diaryl/α,β-unsaturated/α-hetero) is 1. The van der Waals surface area contributed by atoms with Gasteiger partial charge in [-0.05, 0) is 6.42 Å². The molecule has 0 bridgehead atoms. The number of ketones is 1.